The van der Waals surface area contributed by atoms with Crippen molar-refractivity contribution in [3.05, 3.63) is 29.8 Å². The molecule has 0 radical (unpaired) electrons. The maximum atomic E-state index is 11.2. The maximum absolute atomic E-state index is 11.2. The quantitative estimate of drug-likeness (QED) is 0.614. The number of carbonyl (C=O) groups excluding carboxylic acids is 1. The van der Waals surface area contributed by atoms with E-state index >= 15 is 0 Å². The number of aromatic nitrogens is 3. The molecule has 5 rings (SSSR count). The fourth-order valence-corrected chi connectivity index (χ4v) is 5.52. The molecule has 2 aliphatic rings. The third kappa shape index (κ3) is 4.24. The highest BCUT2D eigenvalue weighted by Gasteiger charge is 2.25. The first-order valence-corrected chi connectivity index (χ1v) is 11.9. The Morgan fingerprint density at radius 1 is 1.23 bits per heavy atom. The SMILES string of the molecule is Cc1cccc(-c2nc3sc(N4CCN(CC(N)=O)CC4)nn3c2NC2CCCC2)c1. The van der Waals surface area contributed by atoms with Crippen LogP contribution < -0.4 is 16.0 Å². The summed E-state index contributed by atoms with van der Waals surface area (Å²) in [7, 11) is 0. The molecule has 0 bridgehead atoms. The predicted octanol–water partition coefficient (Wildman–Crippen LogP) is 2.73. The molecule has 1 aliphatic carbocycles. The van der Waals surface area contributed by atoms with Gasteiger partial charge in [-0.15, -0.1) is 5.10 Å². The molecule has 164 valence electrons. The number of benzene rings is 1. The second-order valence-electron chi connectivity index (χ2n) is 8.61. The number of nitrogens with zero attached hydrogens (tertiary/aromatic N) is 5. The Morgan fingerprint density at radius 3 is 2.71 bits per heavy atom. The number of hydrogen-bond acceptors (Lipinski definition) is 7. The second-order valence-corrected chi connectivity index (χ2v) is 9.55. The molecule has 1 amide bonds. The van der Waals surface area contributed by atoms with Gasteiger partial charge in [0, 0.05) is 37.8 Å². The molecular formula is C22H29N7OS. The number of carbonyl (C=O) groups is 1. The molecule has 1 saturated carbocycles. The number of rotatable bonds is 6. The highest BCUT2D eigenvalue weighted by atomic mass is 32.1. The van der Waals surface area contributed by atoms with Crippen molar-refractivity contribution in [1.82, 2.24) is 19.5 Å². The van der Waals surface area contributed by atoms with Crippen LogP contribution in [0.2, 0.25) is 0 Å². The van der Waals surface area contributed by atoms with Gasteiger partial charge in [0.25, 0.3) is 0 Å². The van der Waals surface area contributed by atoms with E-state index in [1.54, 1.807) is 11.3 Å². The normalized spacial score (nSPS) is 18.2. The van der Waals surface area contributed by atoms with Crippen LogP contribution in [0.15, 0.2) is 24.3 Å². The van der Waals surface area contributed by atoms with Crippen molar-refractivity contribution in [3.63, 3.8) is 0 Å². The number of nitrogens with two attached hydrogens (primary N) is 1. The van der Waals surface area contributed by atoms with E-state index in [4.69, 9.17) is 15.8 Å². The van der Waals surface area contributed by atoms with Crippen LogP contribution in [0.3, 0.4) is 0 Å². The Morgan fingerprint density at radius 2 is 2.00 bits per heavy atom. The minimum atomic E-state index is -0.271. The average molecular weight is 440 g/mol. The van der Waals surface area contributed by atoms with Crippen LogP contribution in [-0.4, -0.2) is 64.2 Å². The van der Waals surface area contributed by atoms with Gasteiger partial charge in [0.05, 0.1) is 6.54 Å². The molecule has 0 spiro atoms. The molecule has 0 atom stereocenters. The molecule has 3 N–H and O–H groups in total. The molecule has 3 aromatic rings. The van der Waals surface area contributed by atoms with Gasteiger partial charge in [0.15, 0.2) is 5.82 Å². The Hall–Kier alpha value is -2.65. The number of nitrogens with one attached hydrogen (secondary N) is 1. The first kappa shape index (κ1) is 20.3. The first-order chi connectivity index (χ1) is 15.1. The summed E-state index contributed by atoms with van der Waals surface area (Å²) in [6.07, 6.45) is 4.94. The molecule has 9 heteroatoms. The topological polar surface area (TPSA) is 91.8 Å². The van der Waals surface area contributed by atoms with Crippen LogP contribution in [-0.2, 0) is 4.79 Å². The third-order valence-electron chi connectivity index (χ3n) is 6.20. The highest BCUT2D eigenvalue weighted by molar-refractivity contribution is 7.20. The minimum Gasteiger partial charge on any atom is -0.369 e. The molecule has 3 heterocycles. The van der Waals surface area contributed by atoms with Gasteiger partial charge < -0.3 is 16.0 Å². The Labute approximate surface area is 186 Å². The van der Waals surface area contributed by atoms with Crippen molar-refractivity contribution < 1.29 is 4.79 Å². The van der Waals surface area contributed by atoms with Gasteiger partial charge in [0.2, 0.25) is 16.0 Å². The standard InChI is InChI=1S/C22H29N7OS/c1-15-5-4-6-16(13-15)19-20(24-17-7-2-3-8-17)29-21(25-19)31-22(26-29)28-11-9-27(10-12-28)14-18(23)30/h4-6,13,17,24H,2-3,7-12,14H2,1H3,(H2,23,30). The third-order valence-corrected chi connectivity index (χ3v) is 7.17. The molecular weight excluding hydrogens is 410 g/mol. The van der Waals surface area contributed by atoms with Crippen LogP contribution in [0.1, 0.15) is 31.2 Å². The van der Waals surface area contributed by atoms with E-state index in [-0.39, 0.29) is 5.91 Å². The zero-order valence-electron chi connectivity index (χ0n) is 17.9. The molecule has 8 nitrogen and oxygen atoms in total. The molecule has 1 saturated heterocycles. The number of fused-ring (bicyclic) bond motifs is 1. The highest BCUT2D eigenvalue weighted by Crippen LogP contribution is 2.35. The Balaban J connectivity index is 1.44. The summed E-state index contributed by atoms with van der Waals surface area (Å²) in [4.78, 5) is 21.5. The lowest BCUT2D eigenvalue weighted by molar-refractivity contribution is -0.119. The van der Waals surface area contributed by atoms with Crippen molar-refractivity contribution in [3.8, 4) is 11.3 Å². The van der Waals surface area contributed by atoms with Crippen molar-refractivity contribution in [2.24, 2.45) is 5.73 Å². The van der Waals surface area contributed by atoms with E-state index in [0.717, 1.165) is 53.3 Å². The summed E-state index contributed by atoms with van der Waals surface area (Å²) in [6.45, 7) is 5.73. The summed E-state index contributed by atoms with van der Waals surface area (Å²) in [5.74, 6) is 0.731. The van der Waals surface area contributed by atoms with Crippen molar-refractivity contribution in [2.45, 2.75) is 38.6 Å². The zero-order valence-corrected chi connectivity index (χ0v) is 18.7. The molecule has 2 aromatic heterocycles. The smallest absolute Gasteiger partial charge is 0.231 e. The summed E-state index contributed by atoms with van der Waals surface area (Å²) in [6, 6.07) is 8.98. The van der Waals surface area contributed by atoms with Gasteiger partial charge in [-0.05, 0) is 25.8 Å². The number of imidazole rings is 1. The lowest BCUT2D eigenvalue weighted by atomic mass is 10.1. The maximum Gasteiger partial charge on any atom is 0.231 e. The molecule has 31 heavy (non-hydrogen) atoms. The van der Waals surface area contributed by atoms with E-state index in [2.05, 4.69) is 46.3 Å². The van der Waals surface area contributed by atoms with Crippen LogP contribution in [0.5, 0.6) is 0 Å². The lowest BCUT2D eigenvalue weighted by Crippen LogP contribution is -2.48. The molecule has 1 aromatic carbocycles. The predicted molar refractivity (Wildman–Crippen MR) is 125 cm³/mol. The van der Waals surface area contributed by atoms with E-state index in [1.165, 1.54) is 31.2 Å². The van der Waals surface area contributed by atoms with Crippen molar-refractivity contribution in [1.29, 1.82) is 0 Å². The second kappa shape index (κ2) is 8.47. The number of aryl methyl sites for hydroxylation is 1. The van der Waals surface area contributed by atoms with Crippen molar-refractivity contribution in [2.75, 3.05) is 42.9 Å². The molecule has 2 fully saturated rings. The number of anilines is 2. The molecule has 0 unspecified atom stereocenters. The summed E-state index contributed by atoms with van der Waals surface area (Å²) >= 11 is 1.63. The van der Waals surface area contributed by atoms with Gasteiger partial charge in [-0.25, -0.2) is 4.98 Å². The zero-order chi connectivity index (χ0) is 21.4. The lowest BCUT2D eigenvalue weighted by Gasteiger charge is -2.33. The number of amides is 1. The van der Waals surface area contributed by atoms with Crippen LogP contribution in [0, 0.1) is 6.92 Å². The van der Waals surface area contributed by atoms with E-state index in [1.807, 2.05) is 4.52 Å². The van der Waals surface area contributed by atoms with Gasteiger partial charge in [-0.1, -0.05) is 47.9 Å². The summed E-state index contributed by atoms with van der Waals surface area (Å²) < 4.78 is 1.99. The number of piperazine rings is 1. The average Bonchev–Trinajstić information content (AvgIpc) is 3.46. The number of primary amides is 1. The van der Waals surface area contributed by atoms with E-state index in [9.17, 15) is 4.79 Å². The first-order valence-electron chi connectivity index (χ1n) is 11.1. The van der Waals surface area contributed by atoms with Gasteiger partial charge in [0.1, 0.15) is 5.69 Å². The fraction of sp³-hybridized carbons (Fsp3) is 0.500. The fourth-order valence-electron chi connectivity index (χ4n) is 4.57. The van der Waals surface area contributed by atoms with Crippen LogP contribution in [0.25, 0.3) is 16.2 Å². The Kier molecular flexibility index (Phi) is 5.54. The van der Waals surface area contributed by atoms with Gasteiger partial charge in [-0.2, -0.15) is 4.52 Å². The van der Waals surface area contributed by atoms with Gasteiger partial charge in [-0.3, -0.25) is 9.69 Å². The number of hydrogen-bond donors (Lipinski definition) is 2. The van der Waals surface area contributed by atoms with Gasteiger partial charge >= 0.3 is 0 Å². The minimum absolute atomic E-state index is 0.271. The largest absolute Gasteiger partial charge is 0.369 e. The monoisotopic (exact) mass is 439 g/mol. The van der Waals surface area contributed by atoms with Crippen molar-refractivity contribution >= 4 is 33.2 Å². The van der Waals surface area contributed by atoms with E-state index < -0.39 is 0 Å². The Bertz CT molecular complexity index is 1080. The summed E-state index contributed by atoms with van der Waals surface area (Å²) in [5.41, 5.74) is 8.67. The van der Waals surface area contributed by atoms with E-state index in [0.29, 0.717) is 12.6 Å². The molecule has 1 aliphatic heterocycles. The summed E-state index contributed by atoms with van der Waals surface area (Å²) in [5, 5.41) is 9.70. The van der Waals surface area contributed by atoms with Crippen LogP contribution in [0.4, 0.5) is 10.9 Å². The van der Waals surface area contributed by atoms with Crippen LogP contribution >= 0.6 is 11.3 Å².